The van der Waals surface area contributed by atoms with Gasteiger partial charge in [0.15, 0.2) is 0 Å². The van der Waals surface area contributed by atoms with E-state index in [1.165, 1.54) is 0 Å². The maximum atomic E-state index is 11.9. The number of aryl methyl sites for hydroxylation is 1. The van der Waals surface area contributed by atoms with Crippen LogP contribution in [0.4, 0.5) is 5.69 Å². The molecule has 0 spiro atoms. The average molecular weight is 278 g/mol. The molecule has 3 N–H and O–H groups in total. The summed E-state index contributed by atoms with van der Waals surface area (Å²) in [6.45, 7) is 7.37. The molecule has 1 amide bonds. The Morgan fingerprint density at radius 3 is 2.75 bits per heavy atom. The number of hydrogen-bond acceptors (Lipinski definition) is 3. The van der Waals surface area contributed by atoms with Gasteiger partial charge in [-0.2, -0.15) is 0 Å². The maximum Gasteiger partial charge on any atom is 0.224 e. The summed E-state index contributed by atoms with van der Waals surface area (Å²) in [5, 5.41) is 2.95. The number of carbonyl (C=O) groups excluding carboxylic acids is 1. The van der Waals surface area contributed by atoms with Crippen LogP contribution in [0.15, 0.2) is 18.2 Å². The van der Waals surface area contributed by atoms with Gasteiger partial charge in [0.1, 0.15) is 5.75 Å². The Labute approximate surface area is 121 Å². The zero-order chi connectivity index (χ0) is 15.0. The lowest BCUT2D eigenvalue weighted by atomic mass is 10.0. The van der Waals surface area contributed by atoms with Gasteiger partial charge in [0, 0.05) is 12.1 Å². The van der Waals surface area contributed by atoms with Crippen molar-refractivity contribution in [3.05, 3.63) is 23.8 Å². The van der Waals surface area contributed by atoms with Crippen LogP contribution in [0.5, 0.6) is 5.75 Å². The first kappa shape index (κ1) is 16.5. The SMILES string of the molecule is CCOc1ccc(NC(=O)CCC(C)CCN)c(C)c1. The van der Waals surface area contributed by atoms with E-state index in [0.29, 0.717) is 25.5 Å². The summed E-state index contributed by atoms with van der Waals surface area (Å²) in [6.07, 6.45) is 2.38. The van der Waals surface area contributed by atoms with Gasteiger partial charge < -0.3 is 15.8 Å². The van der Waals surface area contributed by atoms with Crippen molar-refractivity contribution < 1.29 is 9.53 Å². The summed E-state index contributed by atoms with van der Waals surface area (Å²) in [4.78, 5) is 11.9. The van der Waals surface area contributed by atoms with Crippen LogP contribution in [-0.4, -0.2) is 19.1 Å². The van der Waals surface area contributed by atoms with Gasteiger partial charge in [0.25, 0.3) is 0 Å². The van der Waals surface area contributed by atoms with Crippen LogP contribution in [0.3, 0.4) is 0 Å². The van der Waals surface area contributed by atoms with Crippen molar-refractivity contribution >= 4 is 11.6 Å². The van der Waals surface area contributed by atoms with Crippen LogP contribution < -0.4 is 15.8 Å². The van der Waals surface area contributed by atoms with Gasteiger partial charge in [-0.25, -0.2) is 0 Å². The lowest BCUT2D eigenvalue weighted by Crippen LogP contribution is -2.14. The number of benzene rings is 1. The van der Waals surface area contributed by atoms with Gasteiger partial charge in [0.2, 0.25) is 5.91 Å². The van der Waals surface area contributed by atoms with E-state index in [-0.39, 0.29) is 5.91 Å². The molecule has 1 aromatic carbocycles. The number of rotatable bonds is 8. The van der Waals surface area contributed by atoms with E-state index in [0.717, 1.165) is 29.8 Å². The Morgan fingerprint density at radius 1 is 1.40 bits per heavy atom. The van der Waals surface area contributed by atoms with Crippen molar-refractivity contribution in [2.45, 2.75) is 40.0 Å². The summed E-state index contributed by atoms with van der Waals surface area (Å²) in [7, 11) is 0. The van der Waals surface area contributed by atoms with Crippen LogP contribution in [-0.2, 0) is 4.79 Å². The van der Waals surface area contributed by atoms with Crippen molar-refractivity contribution in [1.29, 1.82) is 0 Å². The van der Waals surface area contributed by atoms with E-state index in [1.807, 2.05) is 32.0 Å². The second kappa shape index (κ2) is 8.59. The molecular formula is C16H26N2O2. The summed E-state index contributed by atoms with van der Waals surface area (Å²) in [5.41, 5.74) is 7.37. The molecule has 0 aromatic heterocycles. The molecule has 1 atom stereocenters. The zero-order valence-electron chi connectivity index (χ0n) is 12.7. The minimum absolute atomic E-state index is 0.0566. The van der Waals surface area contributed by atoms with Crippen molar-refractivity contribution in [3.8, 4) is 5.75 Å². The number of carbonyl (C=O) groups is 1. The molecule has 0 aliphatic rings. The molecule has 112 valence electrons. The van der Waals surface area contributed by atoms with E-state index >= 15 is 0 Å². The van der Waals surface area contributed by atoms with E-state index in [1.54, 1.807) is 0 Å². The number of nitrogens with two attached hydrogens (primary N) is 1. The second-order valence-electron chi connectivity index (χ2n) is 5.18. The third-order valence-corrected chi connectivity index (χ3v) is 3.31. The Hall–Kier alpha value is -1.55. The van der Waals surface area contributed by atoms with E-state index in [4.69, 9.17) is 10.5 Å². The lowest BCUT2D eigenvalue weighted by Gasteiger charge is -2.12. The van der Waals surface area contributed by atoms with Gasteiger partial charge >= 0.3 is 0 Å². The predicted octanol–water partition coefficient (Wildman–Crippen LogP) is 3.10. The van der Waals surface area contributed by atoms with E-state index in [2.05, 4.69) is 12.2 Å². The Kier molecular flexibility index (Phi) is 7.09. The molecule has 0 radical (unpaired) electrons. The van der Waals surface area contributed by atoms with Gasteiger partial charge in [-0.3, -0.25) is 4.79 Å². The first-order valence-corrected chi connectivity index (χ1v) is 7.30. The normalized spacial score (nSPS) is 12.0. The summed E-state index contributed by atoms with van der Waals surface area (Å²) >= 11 is 0. The molecule has 0 bridgehead atoms. The van der Waals surface area contributed by atoms with Crippen LogP contribution in [0.1, 0.15) is 38.7 Å². The number of hydrogen-bond donors (Lipinski definition) is 2. The fourth-order valence-corrected chi connectivity index (χ4v) is 2.05. The average Bonchev–Trinajstić information content (AvgIpc) is 2.40. The van der Waals surface area contributed by atoms with Crippen molar-refractivity contribution in [1.82, 2.24) is 0 Å². The van der Waals surface area contributed by atoms with Gasteiger partial charge in [-0.05, 0) is 62.9 Å². The number of nitrogens with one attached hydrogen (secondary N) is 1. The number of anilines is 1. The smallest absolute Gasteiger partial charge is 0.224 e. The minimum atomic E-state index is 0.0566. The minimum Gasteiger partial charge on any atom is -0.494 e. The topological polar surface area (TPSA) is 64.3 Å². The van der Waals surface area contributed by atoms with Crippen LogP contribution in [0, 0.1) is 12.8 Å². The van der Waals surface area contributed by atoms with Crippen LogP contribution >= 0.6 is 0 Å². The third-order valence-electron chi connectivity index (χ3n) is 3.31. The molecule has 0 saturated heterocycles. The monoisotopic (exact) mass is 278 g/mol. The molecule has 1 aromatic rings. The molecule has 1 unspecified atom stereocenters. The summed E-state index contributed by atoms with van der Waals surface area (Å²) in [5.74, 6) is 1.38. The first-order valence-electron chi connectivity index (χ1n) is 7.30. The van der Waals surface area contributed by atoms with Crippen molar-refractivity contribution in [2.24, 2.45) is 11.7 Å². The molecule has 0 saturated carbocycles. The highest BCUT2D eigenvalue weighted by Gasteiger charge is 2.08. The molecule has 0 aliphatic carbocycles. The predicted molar refractivity (Wildman–Crippen MR) is 83.0 cm³/mol. The molecule has 0 aliphatic heterocycles. The molecule has 20 heavy (non-hydrogen) atoms. The largest absolute Gasteiger partial charge is 0.494 e. The summed E-state index contributed by atoms with van der Waals surface area (Å²) in [6, 6.07) is 5.71. The number of ether oxygens (including phenoxy) is 1. The summed E-state index contributed by atoms with van der Waals surface area (Å²) < 4.78 is 5.43. The third kappa shape index (κ3) is 5.61. The molecule has 1 rings (SSSR count). The standard InChI is InChI=1S/C16H26N2O2/c1-4-20-14-6-7-15(13(3)11-14)18-16(19)8-5-12(2)9-10-17/h6-7,11-12H,4-5,8-10,17H2,1-3H3,(H,18,19). The molecule has 0 fully saturated rings. The Bertz CT molecular complexity index is 432. The molecule has 0 heterocycles. The quantitative estimate of drug-likeness (QED) is 0.768. The Morgan fingerprint density at radius 2 is 2.15 bits per heavy atom. The van der Waals surface area contributed by atoms with E-state index < -0.39 is 0 Å². The zero-order valence-corrected chi connectivity index (χ0v) is 12.7. The van der Waals surface area contributed by atoms with Gasteiger partial charge in [0.05, 0.1) is 6.61 Å². The van der Waals surface area contributed by atoms with Gasteiger partial charge in [-0.1, -0.05) is 6.92 Å². The highest BCUT2D eigenvalue weighted by Crippen LogP contribution is 2.22. The van der Waals surface area contributed by atoms with Crippen molar-refractivity contribution in [3.63, 3.8) is 0 Å². The maximum absolute atomic E-state index is 11.9. The highest BCUT2D eigenvalue weighted by atomic mass is 16.5. The highest BCUT2D eigenvalue weighted by molar-refractivity contribution is 5.91. The second-order valence-corrected chi connectivity index (χ2v) is 5.18. The van der Waals surface area contributed by atoms with Gasteiger partial charge in [-0.15, -0.1) is 0 Å². The van der Waals surface area contributed by atoms with Crippen molar-refractivity contribution in [2.75, 3.05) is 18.5 Å². The molecule has 4 nitrogen and oxygen atoms in total. The van der Waals surface area contributed by atoms with Crippen LogP contribution in [0.2, 0.25) is 0 Å². The van der Waals surface area contributed by atoms with E-state index in [9.17, 15) is 4.79 Å². The fourth-order valence-electron chi connectivity index (χ4n) is 2.05. The molecular weight excluding hydrogens is 252 g/mol. The first-order chi connectivity index (χ1) is 9.56. The van der Waals surface area contributed by atoms with Crippen LogP contribution in [0.25, 0.3) is 0 Å². The fraction of sp³-hybridized carbons (Fsp3) is 0.562. The number of amides is 1. The lowest BCUT2D eigenvalue weighted by molar-refractivity contribution is -0.116. The Balaban J connectivity index is 2.49. The molecule has 4 heteroatoms.